The molecule has 0 spiro atoms. The summed E-state index contributed by atoms with van der Waals surface area (Å²) in [5.74, 6) is 0. The van der Waals surface area contributed by atoms with Crippen molar-refractivity contribution in [2.24, 2.45) is 5.73 Å². The van der Waals surface area contributed by atoms with Gasteiger partial charge in [-0.1, -0.05) is 42.3 Å². The number of hydrogen-bond acceptors (Lipinski definition) is 4. The molecule has 1 saturated heterocycles. The summed E-state index contributed by atoms with van der Waals surface area (Å²) < 4.78 is 0. The highest BCUT2D eigenvalue weighted by Gasteiger charge is 2.30. The number of aryl methyl sites for hydroxylation is 1. The van der Waals surface area contributed by atoms with E-state index in [1.165, 1.54) is 0 Å². The third-order valence-electron chi connectivity index (χ3n) is 5.43. The molecule has 2 heterocycles. The zero-order valence-corrected chi connectivity index (χ0v) is 16.7. The third-order valence-corrected chi connectivity index (χ3v) is 6.25. The average Bonchev–Trinajstić information content (AvgIpc) is 2.65. The predicted molar refractivity (Wildman–Crippen MR) is 109 cm³/mol. The Morgan fingerprint density at radius 3 is 2.58 bits per heavy atom. The maximum Gasteiger partial charge on any atom is 0.0898 e. The molecule has 4 nitrogen and oxygen atoms in total. The van der Waals surface area contributed by atoms with Crippen molar-refractivity contribution in [3.63, 3.8) is 0 Å². The van der Waals surface area contributed by atoms with Gasteiger partial charge in [0.05, 0.1) is 33.7 Å². The van der Waals surface area contributed by atoms with E-state index in [9.17, 15) is 5.11 Å². The predicted octanol–water partition coefficient (Wildman–Crippen LogP) is 4.56. The van der Waals surface area contributed by atoms with Crippen LogP contribution in [-0.2, 0) is 6.61 Å². The van der Waals surface area contributed by atoms with E-state index in [2.05, 4.69) is 17.9 Å². The summed E-state index contributed by atoms with van der Waals surface area (Å²) in [6.45, 7) is 5.77. The Morgan fingerprint density at radius 1 is 1.27 bits per heavy atom. The molecule has 0 saturated carbocycles. The molecule has 1 aromatic carbocycles. The number of nitrogens with zero attached hydrogens (tertiary/aromatic N) is 2. The van der Waals surface area contributed by atoms with Gasteiger partial charge in [-0.25, -0.2) is 4.98 Å². The first kappa shape index (κ1) is 19.4. The summed E-state index contributed by atoms with van der Waals surface area (Å²) in [5, 5.41) is 10.9. The maximum absolute atomic E-state index is 9.91. The van der Waals surface area contributed by atoms with Crippen molar-refractivity contribution >= 4 is 28.9 Å². The lowest BCUT2D eigenvalue weighted by molar-refractivity contribution is 0.276. The quantitative estimate of drug-likeness (QED) is 0.798. The van der Waals surface area contributed by atoms with Crippen LogP contribution in [0.15, 0.2) is 24.3 Å². The number of nitrogens with two attached hydrogens (primary N) is 1. The van der Waals surface area contributed by atoms with Crippen LogP contribution in [-0.4, -0.2) is 28.7 Å². The minimum atomic E-state index is -0.126. The second-order valence-electron chi connectivity index (χ2n) is 7.08. The highest BCUT2D eigenvalue weighted by Crippen LogP contribution is 2.37. The standard InChI is InChI=1S/C20H25Cl2N3O/c1-3-20(23)7-9-25(10-8-20)17-11-13(2)19(24-16(17)12-26)14-5-4-6-15(21)18(14)22/h4-6,11,26H,3,7-10,12,23H2,1-2H3. The van der Waals surface area contributed by atoms with Gasteiger partial charge < -0.3 is 15.7 Å². The van der Waals surface area contributed by atoms with E-state index >= 15 is 0 Å². The maximum atomic E-state index is 9.91. The molecule has 0 aliphatic carbocycles. The number of pyridine rings is 1. The van der Waals surface area contributed by atoms with Crippen molar-refractivity contribution < 1.29 is 5.11 Å². The van der Waals surface area contributed by atoms with Crippen LogP contribution >= 0.6 is 23.2 Å². The van der Waals surface area contributed by atoms with Crippen LogP contribution in [0.25, 0.3) is 11.3 Å². The molecule has 0 unspecified atom stereocenters. The van der Waals surface area contributed by atoms with Crippen LogP contribution in [0.4, 0.5) is 5.69 Å². The average molecular weight is 394 g/mol. The number of aliphatic hydroxyl groups excluding tert-OH is 1. The minimum Gasteiger partial charge on any atom is -0.390 e. The molecule has 1 aliphatic rings. The molecule has 0 amide bonds. The van der Waals surface area contributed by atoms with Crippen molar-refractivity contribution in [2.45, 2.75) is 45.3 Å². The number of piperidine rings is 1. The fraction of sp³-hybridized carbons (Fsp3) is 0.450. The van der Waals surface area contributed by atoms with E-state index in [0.29, 0.717) is 15.7 Å². The van der Waals surface area contributed by atoms with E-state index in [1.807, 2.05) is 19.1 Å². The normalized spacial score (nSPS) is 16.8. The van der Waals surface area contributed by atoms with Gasteiger partial charge in [-0.05, 0) is 43.9 Å². The monoisotopic (exact) mass is 393 g/mol. The summed E-state index contributed by atoms with van der Waals surface area (Å²) in [6, 6.07) is 7.59. The number of aromatic nitrogens is 1. The van der Waals surface area contributed by atoms with E-state index in [0.717, 1.165) is 54.9 Å². The Labute approximate surface area is 164 Å². The van der Waals surface area contributed by atoms with E-state index in [-0.39, 0.29) is 12.1 Å². The van der Waals surface area contributed by atoms with Gasteiger partial charge in [0.25, 0.3) is 0 Å². The van der Waals surface area contributed by atoms with Crippen LogP contribution in [0.5, 0.6) is 0 Å². The fourth-order valence-corrected chi connectivity index (χ4v) is 3.92. The van der Waals surface area contributed by atoms with Crippen molar-refractivity contribution in [3.8, 4) is 11.3 Å². The highest BCUT2D eigenvalue weighted by molar-refractivity contribution is 6.43. The van der Waals surface area contributed by atoms with Crippen molar-refractivity contribution in [1.29, 1.82) is 0 Å². The van der Waals surface area contributed by atoms with Gasteiger partial charge in [-0.3, -0.25) is 0 Å². The molecule has 2 aromatic rings. The first-order valence-electron chi connectivity index (χ1n) is 8.98. The number of benzene rings is 1. The number of hydrogen-bond donors (Lipinski definition) is 2. The van der Waals surface area contributed by atoms with Gasteiger partial charge in [0.2, 0.25) is 0 Å². The molecule has 3 N–H and O–H groups in total. The van der Waals surface area contributed by atoms with Gasteiger partial charge in [0, 0.05) is 24.2 Å². The minimum absolute atomic E-state index is 0.0768. The molecule has 0 atom stereocenters. The largest absolute Gasteiger partial charge is 0.390 e. The molecular formula is C20H25Cl2N3O. The topological polar surface area (TPSA) is 62.4 Å². The molecule has 140 valence electrons. The summed E-state index contributed by atoms with van der Waals surface area (Å²) in [6.07, 6.45) is 2.86. The van der Waals surface area contributed by atoms with Crippen molar-refractivity contribution in [1.82, 2.24) is 4.98 Å². The Morgan fingerprint density at radius 2 is 1.96 bits per heavy atom. The molecular weight excluding hydrogens is 369 g/mol. The Kier molecular flexibility index (Phi) is 5.78. The SMILES string of the molecule is CCC1(N)CCN(c2cc(C)c(-c3cccc(Cl)c3Cl)nc2CO)CC1. The van der Waals surface area contributed by atoms with E-state index < -0.39 is 0 Å². The molecule has 6 heteroatoms. The molecule has 26 heavy (non-hydrogen) atoms. The lowest BCUT2D eigenvalue weighted by Crippen LogP contribution is -2.50. The van der Waals surface area contributed by atoms with E-state index in [4.69, 9.17) is 33.9 Å². The smallest absolute Gasteiger partial charge is 0.0898 e. The Hall–Kier alpha value is -1.33. The second-order valence-corrected chi connectivity index (χ2v) is 7.87. The third kappa shape index (κ3) is 3.70. The first-order chi connectivity index (χ1) is 12.4. The number of anilines is 1. The summed E-state index contributed by atoms with van der Waals surface area (Å²) >= 11 is 12.5. The van der Waals surface area contributed by atoms with Crippen LogP contribution < -0.4 is 10.6 Å². The van der Waals surface area contributed by atoms with Crippen LogP contribution in [0, 0.1) is 6.92 Å². The molecule has 1 aromatic heterocycles. The Bertz CT molecular complexity index is 802. The van der Waals surface area contributed by atoms with Gasteiger partial charge in [-0.2, -0.15) is 0 Å². The molecule has 0 bridgehead atoms. The van der Waals surface area contributed by atoms with Crippen molar-refractivity contribution in [2.75, 3.05) is 18.0 Å². The van der Waals surface area contributed by atoms with Gasteiger partial charge >= 0.3 is 0 Å². The highest BCUT2D eigenvalue weighted by atomic mass is 35.5. The molecule has 1 aliphatic heterocycles. The Balaban J connectivity index is 1.97. The van der Waals surface area contributed by atoms with Crippen LogP contribution in [0.2, 0.25) is 10.0 Å². The van der Waals surface area contributed by atoms with Crippen LogP contribution in [0.3, 0.4) is 0 Å². The number of halogens is 2. The first-order valence-corrected chi connectivity index (χ1v) is 9.73. The summed E-state index contributed by atoms with van der Waals surface area (Å²) in [5.41, 5.74) is 10.5. The zero-order chi connectivity index (χ0) is 18.9. The fourth-order valence-electron chi connectivity index (χ4n) is 3.53. The van der Waals surface area contributed by atoms with Gasteiger partial charge in [0.15, 0.2) is 0 Å². The van der Waals surface area contributed by atoms with E-state index in [1.54, 1.807) is 6.07 Å². The van der Waals surface area contributed by atoms with Gasteiger partial charge in [0.1, 0.15) is 0 Å². The molecule has 0 radical (unpaired) electrons. The zero-order valence-electron chi connectivity index (χ0n) is 15.2. The van der Waals surface area contributed by atoms with Crippen LogP contribution in [0.1, 0.15) is 37.4 Å². The second kappa shape index (κ2) is 7.73. The summed E-state index contributed by atoms with van der Waals surface area (Å²) in [7, 11) is 0. The van der Waals surface area contributed by atoms with Crippen molar-refractivity contribution in [3.05, 3.63) is 45.6 Å². The number of aliphatic hydroxyl groups is 1. The molecule has 1 fully saturated rings. The lowest BCUT2D eigenvalue weighted by Gasteiger charge is -2.40. The summed E-state index contributed by atoms with van der Waals surface area (Å²) in [4.78, 5) is 7.00. The lowest BCUT2D eigenvalue weighted by atomic mass is 9.86. The number of rotatable bonds is 4. The molecule has 3 rings (SSSR count). The van der Waals surface area contributed by atoms with Gasteiger partial charge in [-0.15, -0.1) is 0 Å².